The van der Waals surface area contributed by atoms with Gasteiger partial charge in [0, 0.05) is 24.2 Å². The van der Waals surface area contributed by atoms with Crippen LogP contribution in [0.2, 0.25) is 0 Å². The van der Waals surface area contributed by atoms with Crippen molar-refractivity contribution in [2.24, 2.45) is 0 Å². The molecule has 0 fully saturated rings. The number of hydrogen-bond donors (Lipinski definition) is 1. The van der Waals surface area contributed by atoms with Crippen LogP contribution in [0.25, 0.3) is 6.08 Å². The zero-order valence-electron chi connectivity index (χ0n) is 10.3. The molecule has 0 saturated heterocycles. The predicted octanol–water partition coefficient (Wildman–Crippen LogP) is 3.65. The molecule has 3 rings (SSSR count). The summed E-state index contributed by atoms with van der Waals surface area (Å²) >= 11 is 0. The number of hydrogen-bond acceptors (Lipinski definition) is 3. The largest absolute Gasteiger partial charge is 0.417 e. The van der Waals surface area contributed by atoms with Crippen molar-refractivity contribution in [2.75, 3.05) is 0 Å². The van der Waals surface area contributed by atoms with Crippen molar-refractivity contribution in [1.29, 1.82) is 0 Å². The molecule has 0 atom stereocenters. The van der Waals surface area contributed by atoms with E-state index < -0.39 is 11.7 Å². The third-order valence-electron chi connectivity index (χ3n) is 2.41. The quantitative estimate of drug-likeness (QED) is 0.799. The number of aromatic nitrogens is 1. The van der Waals surface area contributed by atoms with E-state index in [0.29, 0.717) is 0 Å². The van der Waals surface area contributed by atoms with Crippen molar-refractivity contribution >= 4 is 6.08 Å². The first-order valence-corrected chi connectivity index (χ1v) is 5.72. The van der Waals surface area contributed by atoms with Crippen LogP contribution in [0.3, 0.4) is 0 Å². The van der Waals surface area contributed by atoms with Gasteiger partial charge < -0.3 is 4.84 Å². The molecule has 6 heteroatoms. The second-order valence-electron chi connectivity index (χ2n) is 3.83. The fourth-order valence-corrected chi connectivity index (χ4v) is 1.46. The average Bonchev–Trinajstić information content (AvgIpc) is 2.48. The minimum atomic E-state index is -4.27. The lowest BCUT2D eigenvalue weighted by atomic mass is 10.2. The Hall–Kier alpha value is -2.50. The molecule has 1 aliphatic rings. The first-order valence-electron chi connectivity index (χ1n) is 5.72. The molecule has 2 aromatic rings. The SMILES string of the molecule is C1=Cc2ccccc2ON1.FC(F)(F)c1cccnc1. The van der Waals surface area contributed by atoms with Crippen LogP contribution in [-0.4, -0.2) is 4.98 Å². The number of nitrogens with zero attached hydrogens (tertiary/aromatic N) is 1. The molecule has 0 unspecified atom stereocenters. The zero-order chi connectivity index (χ0) is 14.4. The van der Waals surface area contributed by atoms with Gasteiger partial charge >= 0.3 is 6.18 Å². The summed E-state index contributed by atoms with van der Waals surface area (Å²) in [6.07, 6.45) is 1.56. The van der Waals surface area contributed by atoms with Crippen molar-refractivity contribution in [1.82, 2.24) is 10.5 Å². The first kappa shape index (κ1) is 13.9. The van der Waals surface area contributed by atoms with Crippen LogP contribution in [0, 0.1) is 0 Å². The lowest BCUT2D eigenvalue weighted by molar-refractivity contribution is -0.137. The van der Waals surface area contributed by atoms with Crippen molar-refractivity contribution in [3.63, 3.8) is 0 Å². The molecule has 0 spiro atoms. The normalized spacial score (nSPS) is 12.3. The van der Waals surface area contributed by atoms with E-state index in [4.69, 9.17) is 4.84 Å². The fraction of sp³-hybridized carbons (Fsp3) is 0.0714. The van der Waals surface area contributed by atoms with E-state index in [2.05, 4.69) is 10.5 Å². The van der Waals surface area contributed by atoms with Gasteiger partial charge in [0.1, 0.15) is 0 Å². The van der Waals surface area contributed by atoms with E-state index in [1.807, 2.05) is 30.3 Å². The molecule has 1 aliphatic heterocycles. The number of para-hydroxylation sites is 1. The first-order chi connectivity index (χ1) is 9.57. The number of nitrogens with one attached hydrogen (secondary N) is 1. The van der Waals surface area contributed by atoms with Gasteiger partial charge in [-0.3, -0.25) is 4.98 Å². The van der Waals surface area contributed by atoms with Crippen molar-refractivity contribution < 1.29 is 18.0 Å². The molecule has 20 heavy (non-hydrogen) atoms. The summed E-state index contributed by atoms with van der Waals surface area (Å²) in [5.41, 5.74) is 3.06. The minimum absolute atomic E-state index is 0.713. The van der Waals surface area contributed by atoms with Gasteiger partial charge in [-0.05, 0) is 24.3 Å². The van der Waals surface area contributed by atoms with Gasteiger partial charge in [-0.25, -0.2) is 5.48 Å². The molecule has 0 amide bonds. The number of halogens is 3. The molecule has 3 nitrogen and oxygen atoms in total. The average molecular weight is 280 g/mol. The summed E-state index contributed by atoms with van der Waals surface area (Å²) in [7, 11) is 0. The molecule has 2 heterocycles. The third-order valence-corrected chi connectivity index (χ3v) is 2.41. The second-order valence-corrected chi connectivity index (χ2v) is 3.83. The summed E-state index contributed by atoms with van der Waals surface area (Å²) in [5, 5.41) is 0. The summed E-state index contributed by atoms with van der Waals surface area (Å²) in [5.74, 6) is 0.880. The fourth-order valence-electron chi connectivity index (χ4n) is 1.46. The maximum Gasteiger partial charge on any atom is 0.417 e. The van der Waals surface area contributed by atoms with E-state index in [9.17, 15) is 13.2 Å². The molecule has 1 aromatic carbocycles. The molecular formula is C14H11F3N2O. The van der Waals surface area contributed by atoms with Crippen molar-refractivity contribution in [3.8, 4) is 5.75 Å². The highest BCUT2D eigenvalue weighted by molar-refractivity contribution is 5.57. The number of benzene rings is 1. The monoisotopic (exact) mass is 280 g/mol. The number of rotatable bonds is 0. The Morgan fingerprint density at radius 1 is 1.05 bits per heavy atom. The van der Waals surface area contributed by atoms with E-state index in [0.717, 1.165) is 23.6 Å². The van der Waals surface area contributed by atoms with Gasteiger partial charge in [0.15, 0.2) is 5.75 Å². The Bertz CT molecular complexity index is 582. The van der Waals surface area contributed by atoms with Gasteiger partial charge in [-0.1, -0.05) is 18.2 Å². The van der Waals surface area contributed by atoms with Crippen LogP contribution >= 0.6 is 0 Å². The Morgan fingerprint density at radius 2 is 1.85 bits per heavy atom. The molecule has 0 radical (unpaired) electrons. The van der Waals surface area contributed by atoms with Crippen LogP contribution < -0.4 is 10.3 Å². The Labute approximate surface area is 113 Å². The van der Waals surface area contributed by atoms with Gasteiger partial charge in [-0.2, -0.15) is 13.2 Å². The maximum atomic E-state index is 11.7. The van der Waals surface area contributed by atoms with Crippen LogP contribution in [0.4, 0.5) is 13.2 Å². The van der Waals surface area contributed by atoms with Gasteiger partial charge in [0.25, 0.3) is 0 Å². The molecular weight excluding hydrogens is 269 g/mol. The summed E-state index contributed by atoms with van der Waals surface area (Å²) in [6.45, 7) is 0. The highest BCUT2D eigenvalue weighted by Crippen LogP contribution is 2.27. The van der Waals surface area contributed by atoms with E-state index in [-0.39, 0.29) is 0 Å². The molecule has 0 saturated carbocycles. The molecule has 0 bridgehead atoms. The van der Waals surface area contributed by atoms with Gasteiger partial charge in [-0.15, -0.1) is 0 Å². The van der Waals surface area contributed by atoms with E-state index in [1.54, 1.807) is 6.20 Å². The van der Waals surface area contributed by atoms with Crippen LogP contribution in [0.5, 0.6) is 5.75 Å². The summed E-state index contributed by atoms with van der Waals surface area (Å²) in [4.78, 5) is 8.42. The Kier molecular flexibility index (Phi) is 4.24. The van der Waals surface area contributed by atoms with Crippen LogP contribution in [0.1, 0.15) is 11.1 Å². The molecule has 1 N–H and O–H groups in total. The molecule has 0 aliphatic carbocycles. The van der Waals surface area contributed by atoms with Gasteiger partial charge in [0.05, 0.1) is 5.56 Å². The lowest BCUT2D eigenvalue weighted by Crippen LogP contribution is -2.13. The van der Waals surface area contributed by atoms with Crippen molar-refractivity contribution in [2.45, 2.75) is 6.18 Å². The number of hydroxylamine groups is 1. The minimum Gasteiger partial charge on any atom is -0.382 e. The Balaban J connectivity index is 0.000000147. The highest BCUT2D eigenvalue weighted by atomic mass is 19.4. The number of alkyl halides is 3. The third kappa shape index (κ3) is 3.74. The van der Waals surface area contributed by atoms with Gasteiger partial charge in [0.2, 0.25) is 0 Å². The predicted molar refractivity (Wildman–Crippen MR) is 68.5 cm³/mol. The summed E-state index contributed by atoms with van der Waals surface area (Å²) < 4.78 is 35.2. The number of pyridine rings is 1. The molecule has 104 valence electrons. The van der Waals surface area contributed by atoms with Crippen molar-refractivity contribution in [3.05, 3.63) is 66.1 Å². The van der Waals surface area contributed by atoms with Crippen LogP contribution in [0.15, 0.2) is 55.0 Å². The standard InChI is InChI=1S/C8H7NO.C6H4F3N/c1-2-4-8-7(3-1)5-6-9-10-8;7-6(8,9)5-2-1-3-10-4-5/h1-6,9H;1-4H. The maximum absolute atomic E-state index is 11.7. The topological polar surface area (TPSA) is 34.1 Å². The van der Waals surface area contributed by atoms with E-state index in [1.165, 1.54) is 12.3 Å². The smallest absolute Gasteiger partial charge is 0.382 e. The van der Waals surface area contributed by atoms with Crippen LogP contribution in [-0.2, 0) is 6.18 Å². The summed E-state index contributed by atoms with van der Waals surface area (Å²) in [6, 6.07) is 10.1. The second kappa shape index (κ2) is 6.10. The highest BCUT2D eigenvalue weighted by Gasteiger charge is 2.30. The zero-order valence-corrected chi connectivity index (χ0v) is 10.3. The van der Waals surface area contributed by atoms with E-state index >= 15 is 0 Å². The lowest BCUT2D eigenvalue weighted by Gasteiger charge is -2.11. The Morgan fingerprint density at radius 3 is 2.45 bits per heavy atom. The number of fused-ring (bicyclic) bond motifs is 1. The molecule has 1 aromatic heterocycles.